The molecule has 0 spiro atoms. The molecule has 1 aliphatic rings. The number of rotatable bonds is 4. The van der Waals surface area contributed by atoms with Crippen molar-refractivity contribution in [2.24, 2.45) is 0 Å². The predicted molar refractivity (Wildman–Crippen MR) is 121 cm³/mol. The lowest BCUT2D eigenvalue weighted by molar-refractivity contribution is 0.0984. The van der Waals surface area contributed by atoms with Gasteiger partial charge in [-0.2, -0.15) is 0 Å². The third kappa shape index (κ3) is 4.13. The Bertz CT molecular complexity index is 1090. The van der Waals surface area contributed by atoms with E-state index in [1.54, 1.807) is 6.07 Å². The van der Waals surface area contributed by atoms with Crippen molar-refractivity contribution in [1.29, 1.82) is 0 Å². The first-order valence-electron chi connectivity index (χ1n) is 10.5. The second kappa shape index (κ2) is 8.54. The molecule has 4 rings (SSSR count). The van der Waals surface area contributed by atoms with Gasteiger partial charge in [0.1, 0.15) is 0 Å². The highest BCUT2D eigenvalue weighted by Gasteiger charge is 2.24. The number of fused-ring (bicyclic) bond motifs is 1. The van der Waals surface area contributed by atoms with Crippen LogP contribution in [-0.2, 0) is 12.8 Å². The maximum Gasteiger partial charge on any atom is 0.258 e. The van der Waals surface area contributed by atoms with Gasteiger partial charge in [-0.15, -0.1) is 0 Å². The number of nitrogens with one attached hydrogen (secondary N) is 1. The largest absolute Gasteiger partial charge is 0.322 e. The predicted octanol–water partition coefficient (Wildman–Crippen LogP) is 5.40. The van der Waals surface area contributed by atoms with E-state index < -0.39 is 0 Å². The minimum atomic E-state index is -0.135. The molecule has 1 N–H and O–H groups in total. The van der Waals surface area contributed by atoms with Crippen LogP contribution in [0.2, 0.25) is 0 Å². The van der Waals surface area contributed by atoms with E-state index >= 15 is 0 Å². The van der Waals surface area contributed by atoms with Gasteiger partial charge in [0.05, 0.1) is 0 Å². The fourth-order valence-corrected chi connectivity index (χ4v) is 3.91. The van der Waals surface area contributed by atoms with Crippen LogP contribution in [-0.4, -0.2) is 18.4 Å². The Balaban J connectivity index is 1.55. The maximum atomic E-state index is 13.1. The first-order valence-corrected chi connectivity index (χ1v) is 10.5. The van der Waals surface area contributed by atoms with Crippen LogP contribution in [0.5, 0.6) is 0 Å². The van der Waals surface area contributed by atoms with Gasteiger partial charge >= 0.3 is 0 Å². The molecular formula is C26H26N2O2. The molecule has 1 heterocycles. The van der Waals surface area contributed by atoms with Crippen LogP contribution < -0.4 is 10.2 Å². The average molecular weight is 399 g/mol. The summed E-state index contributed by atoms with van der Waals surface area (Å²) in [4.78, 5) is 27.6. The highest BCUT2D eigenvalue weighted by atomic mass is 16.2. The number of amides is 2. The zero-order valence-corrected chi connectivity index (χ0v) is 17.4. The molecule has 2 amide bonds. The lowest BCUT2D eigenvalue weighted by atomic mass is 9.98. The maximum absolute atomic E-state index is 13.1. The summed E-state index contributed by atoms with van der Waals surface area (Å²) in [5.41, 5.74) is 6.33. The molecular weight excluding hydrogens is 372 g/mol. The summed E-state index contributed by atoms with van der Waals surface area (Å²) in [6, 6.07) is 21.2. The Morgan fingerprint density at radius 3 is 2.50 bits per heavy atom. The molecule has 0 bridgehead atoms. The first-order chi connectivity index (χ1) is 14.5. The van der Waals surface area contributed by atoms with E-state index in [-0.39, 0.29) is 11.8 Å². The second-order valence-corrected chi connectivity index (χ2v) is 7.78. The van der Waals surface area contributed by atoms with Gasteiger partial charge in [-0.25, -0.2) is 0 Å². The van der Waals surface area contributed by atoms with Crippen molar-refractivity contribution in [3.8, 4) is 0 Å². The van der Waals surface area contributed by atoms with Crippen LogP contribution in [0.1, 0.15) is 50.8 Å². The van der Waals surface area contributed by atoms with Crippen molar-refractivity contribution < 1.29 is 9.59 Å². The van der Waals surface area contributed by atoms with Gasteiger partial charge in [0.2, 0.25) is 0 Å². The molecule has 3 aromatic carbocycles. The van der Waals surface area contributed by atoms with Crippen LogP contribution in [0, 0.1) is 6.92 Å². The number of hydrogen-bond acceptors (Lipinski definition) is 2. The molecule has 152 valence electrons. The van der Waals surface area contributed by atoms with Gasteiger partial charge in [0.15, 0.2) is 0 Å². The van der Waals surface area contributed by atoms with Crippen LogP contribution in [0.15, 0.2) is 66.7 Å². The van der Waals surface area contributed by atoms with Crippen molar-refractivity contribution >= 4 is 23.2 Å². The van der Waals surface area contributed by atoms with Gasteiger partial charge in [-0.05, 0) is 79.8 Å². The van der Waals surface area contributed by atoms with Crippen molar-refractivity contribution in [2.45, 2.75) is 33.1 Å². The Morgan fingerprint density at radius 1 is 0.967 bits per heavy atom. The number of aryl methyl sites for hydroxylation is 3. The lowest BCUT2D eigenvalue weighted by Crippen LogP contribution is -2.35. The van der Waals surface area contributed by atoms with E-state index in [2.05, 4.69) is 12.2 Å². The zero-order valence-electron chi connectivity index (χ0n) is 17.4. The van der Waals surface area contributed by atoms with Gasteiger partial charge < -0.3 is 10.2 Å². The topological polar surface area (TPSA) is 49.4 Å². The van der Waals surface area contributed by atoms with Crippen molar-refractivity contribution in [1.82, 2.24) is 0 Å². The molecule has 0 atom stereocenters. The molecule has 0 unspecified atom stereocenters. The average Bonchev–Trinajstić information content (AvgIpc) is 2.78. The number of carbonyl (C=O) groups excluding carboxylic acids is 2. The van der Waals surface area contributed by atoms with E-state index in [9.17, 15) is 9.59 Å². The fourth-order valence-electron chi connectivity index (χ4n) is 3.91. The van der Waals surface area contributed by atoms with Crippen LogP contribution in [0.3, 0.4) is 0 Å². The van der Waals surface area contributed by atoms with Crippen molar-refractivity contribution in [3.05, 3.63) is 94.5 Å². The van der Waals surface area contributed by atoms with Crippen LogP contribution in [0.4, 0.5) is 11.4 Å². The van der Waals surface area contributed by atoms with E-state index in [4.69, 9.17) is 0 Å². The highest BCUT2D eigenvalue weighted by molar-refractivity contribution is 6.08. The number of nitrogens with zero attached hydrogens (tertiary/aromatic N) is 1. The van der Waals surface area contributed by atoms with Gasteiger partial charge in [0, 0.05) is 29.0 Å². The van der Waals surface area contributed by atoms with Gasteiger partial charge in [-0.1, -0.05) is 36.8 Å². The Hall–Kier alpha value is -3.40. The van der Waals surface area contributed by atoms with Crippen molar-refractivity contribution in [3.63, 3.8) is 0 Å². The Kier molecular flexibility index (Phi) is 5.66. The number of carbonyl (C=O) groups is 2. The first kappa shape index (κ1) is 19.9. The second-order valence-electron chi connectivity index (χ2n) is 7.78. The highest BCUT2D eigenvalue weighted by Crippen LogP contribution is 2.30. The molecule has 1 aliphatic heterocycles. The third-order valence-corrected chi connectivity index (χ3v) is 5.59. The molecule has 30 heavy (non-hydrogen) atoms. The molecule has 4 heteroatoms. The standard InChI is InChI=1S/C26H26N2O2/c1-3-19-9-12-23(13-10-19)27-25(29)21-11-14-24-20(17-21)8-5-15-28(24)26(30)22-7-4-6-18(2)16-22/h4,6-7,9-14,16-17H,3,5,8,15H2,1-2H3,(H,27,29). The van der Waals surface area contributed by atoms with E-state index in [0.29, 0.717) is 17.7 Å². The molecule has 0 saturated carbocycles. The summed E-state index contributed by atoms with van der Waals surface area (Å²) < 4.78 is 0. The number of benzene rings is 3. The Labute approximate surface area is 177 Å². The van der Waals surface area contributed by atoms with E-state index in [1.165, 1.54) is 5.56 Å². The molecule has 4 nitrogen and oxygen atoms in total. The smallest absolute Gasteiger partial charge is 0.258 e. The normalized spacial score (nSPS) is 12.9. The minimum absolute atomic E-state index is 0.00728. The molecule has 0 aromatic heterocycles. The van der Waals surface area contributed by atoms with Gasteiger partial charge in [-0.3, -0.25) is 9.59 Å². The summed E-state index contributed by atoms with van der Waals surface area (Å²) in [6.07, 6.45) is 2.71. The number of hydrogen-bond donors (Lipinski definition) is 1. The number of anilines is 2. The quantitative estimate of drug-likeness (QED) is 0.639. The molecule has 0 aliphatic carbocycles. The molecule has 0 saturated heterocycles. The Morgan fingerprint density at radius 2 is 1.77 bits per heavy atom. The fraction of sp³-hybridized carbons (Fsp3) is 0.231. The summed E-state index contributed by atoms with van der Waals surface area (Å²) in [7, 11) is 0. The molecule has 0 fully saturated rings. The van der Waals surface area contributed by atoms with E-state index in [1.807, 2.05) is 72.5 Å². The summed E-state index contributed by atoms with van der Waals surface area (Å²) >= 11 is 0. The third-order valence-electron chi connectivity index (χ3n) is 5.59. The van der Waals surface area contributed by atoms with Crippen LogP contribution in [0.25, 0.3) is 0 Å². The SMILES string of the molecule is CCc1ccc(NC(=O)c2ccc3c(c2)CCCN3C(=O)c2cccc(C)c2)cc1. The summed E-state index contributed by atoms with van der Waals surface area (Å²) in [5, 5.41) is 2.96. The lowest BCUT2D eigenvalue weighted by Gasteiger charge is -2.30. The van der Waals surface area contributed by atoms with Crippen LogP contribution >= 0.6 is 0 Å². The molecule has 3 aromatic rings. The summed E-state index contributed by atoms with van der Waals surface area (Å²) in [5.74, 6) is -0.128. The van der Waals surface area contributed by atoms with Crippen molar-refractivity contribution in [2.75, 3.05) is 16.8 Å². The van der Waals surface area contributed by atoms with E-state index in [0.717, 1.165) is 41.8 Å². The monoisotopic (exact) mass is 398 g/mol. The zero-order chi connectivity index (χ0) is 21.1. The summed E-state index contributed by atoms with van der Waals surface area (Å²) in [6.45, 7) is 4.78. The molecule has 0 radical (unpaired) electrons. The minimum Gasteiger partial charge on any atom is -0.322 e. The van der Waals surface area contributed by atoms with Gasteiger partial charge in [0.25, 0.3) is 11.8 Å².